The van der Waals surface area contributed by atoms with E-state index in [1.807, 2.05) is 18.2 Å². The summed E-state index contributed by atoms with van der Waals surface area (Å²) in [7, 11) is 0. The van der Waals surface area contributed by atoms with Crippen molar-refractivity contribution < 1.29 is 0 Å². The zero-order chi connectivity index (χ0) is 12.3. The third kappa shape index (κ3) is 2.33. The van der Waals surface area contributed by atoms with Gasteiger partial charge in [0.15, 0.2) is 0 Å². The van der Waals surface area contributed by atoms with Crippen molar-refractivity contribution in [2.45, 2.75) is 33.2 Å². The van der Waals surface area contributed by atoms with Gasteiger partial charge in [-0.25, -0.2) is 4.98 Å². The summed E-state index contributed by atoms with van der Waals surface area (Å²) >= 11 is 0. The summed E-state index contributed by atoms with van der Waals surface area (Å²) in [5.41, 5.74) is 8.39. The molecule has 0 aliphatic carbocycles. The number of aromatic nitrogens is 2. The molecule has 0 saturated heterocycles. The second-order valence-corrected chi connectivity index (χ2v) is 4.12. The van der Waals surface area contributed by atoms with Gasteiger partial charge in [-0.15, -0.1) is 0 Å². The van der Waals surface area contributed by atoms with E-state index in [4.69, 9.17) is 5.73 Å². The van der Waals surface area contributed by atoms with E-state index in [-0.39, 0.29) is 0 Å². The van der Waals surface area contributed by atoms with Gasteiger partial charge in [0.1, 0.15) is 11.6 Å². The molecule has 0 bridgehead atoms. The third-order valence-electron chi connectivity index (χ3n) is 3.01. The molecule has 1 aromatic carbocycles. The maximum absolute atomic E-state index is 6.14. The quantitative estimate of drug-likeness (QED) is 0.876. The molecule has 0 aliphatic heterocycles. The fraction of sp³-hybridized carbons (Fsp3) is 0.357. The lowest BCUT2D eigenvalue weighted by atomic mass is 10.1. The van der Waals surface area contributed by atoms with Crippen molar-refractivity contribution >= 4 is 5.82 Å². The summed E-state index contributed by atoms with van der Waals surface area (Å²) in [5.74, 6) is 1.89. The molecule has 0 amide bonds. The Morgan fingerprint density at radius 3 is 2.41 bits per heavy atom. The van der Waals surface area contributed by atoms with Gasteiger partial charge in [0.2, 0.25) is 0 Å². The lowest BCUT2D eigenvalue weighted by molar-refractivity contribution is 0.713. The van der Waals surface area contributed by atoms with Crippen LogP contribution in [0.3, 0.4) is 0 Å². The largest absolute Gasteiger partial charge is 0.384 e. The van der Waals surface area contributed by atoms with E-state index in [1.54, 1.807) is 0 Å². The second-order valence-electron chi connectivity index (χ2n) is 4.12. The van der Waals surface area contributed by atoms with Crippen molar-refractivity contribution in [2.24, 2.45) is 0 Å². The number of hydrogen-bond donors (Lipinski definition) is 1. The normalized spacial score (nSPS) is 10.7. The Morgan fingerprint density at radius 2 is 1.88 bits per heavy atom. The van der Waals surface area contributed by atoms with E-state index in [9.17, 15) is 0 Å². The van der Waals surface area contributed by atoms with Gasteiger partial charge < -0.3 is 10.3 Å². The van der Waals surface area contributed by atoms with Crippen molar-refractivity contribution in [2.75, 3.05) is 5.73 Å². The monoisotopic (exact) mass is 229 g/mol. The number of nitrogens with zero attached hydrogens (tertiary/aromatic N) is 2. The maximum Gasteiger partial charge on any atom is 0.127 e. The van der Waals surface area contributed by atoms with Gasteiger partial charge in [0, 0.05) is 19.4 Å². The van der Waals surface area contributed by atoms with E-state index >= 15 is 0 Å². The standard InChI is InChI=1S/C14H19N3/c1-3-13-16-12(14(15)17(13)4-2)10-11-8-6-5-7-9-11/h5-9H,3-4,10,15H2,1-2H3. The third-order valence-corrected chi connectivity index (χ3v) is 3.01. The van der Waals surface area contributed by atoms with Crippen molar-refractivity contribution in [3.05, 3.63) is 47.4 Å². The van der Waals surface area contributed by atoms with Gasteiger partial charge in [-0.05, 0) is 12.5 Å². The first kappa shape index (κ1) is 11.7. The highest BCUT2D eigenvalue weighted by Crippen LogP contribution is 2.18. The van der Waals surface area contributed by atoms with Crippen LogP contribution in [0.5, 0.6) is 0 Å². The van der Waals surface area contributed by atoms with E-state index in [0.29, 0.717) is 0 Å². The van der Waals surface area contributed by atoms with E-state index < -0.39 is 0 Å². The molecule has 3 nitrogen and oxygen atoms in total. The number of hydrogen-bond acceptors (Lipinski definition) is 2. The van der Waals surface area contributed by atoms with Crippen LogP contribution in [0.4, 0.5) is 5.82 Å². The number of nitrogen functional groups attached to an aromatic ring is 1. The summed E-state index contributed by atoms with van der Waals surface area (Å²) in [5, 5.41) is 0. The molecule has 17 heavy (non-hydrogen) atoms. The van der Waals surface area contributed by atoms with Crippen LogP contribution in [0.15, 0.2) is 30.3 Å². The number of nitrogens with two attached hydrogens (primary N) is 1. The van der Waals surface area contributed by atoms with E-state index in [1.165, 1.54) is 5.56 Å². The average molecular weight is 229 g/mol. The van der Waals surface area contributed by atoms with Crippen LogP contribution in [-0.2, 0) is 19.4 Å². The molecule has 0 radical (unpaired) electrons. The highest BCUT2D eigenvalue weighted by molar-refractivity contribution is 5.41. The predicted molar refractivity (Wildman–Crippen MR) is 70.9 cm³/mol. The number of benzene rings is 1. The highest BCUT2D eigenvalue weighted by Gasteiger charge is 2.12. The predicted octanol–water partition coefficient (Wildman–Crippen LogP) is 2.64. The van der Waals surface area contributed by atoms with E-state index in [0.717, 1.165) is 36.7 Å². The second kappa shape index (κ2) is 5.04. The van der Waals surface area contributed by atoms with Gasteiger partial charge in [0.25, 0.3) is 0 Å². The van der Waals surface area contributed by atoms with Crippen LogP contribution in [0.1, 0.15) is 30.9 Å². The van der Waals surface area contributed by atoms with Crippen LogP contribution in [-0.4, -0.2) is 9.55 Å². The lowest BCUT2D eigenvalue weighted by Crippen LogP contribution is -2.05. The first-order chi connectivity index (χ1) is 8.26. The molecule has 1 heterocycles. The molecule has 0 saturated carbocycles. The van der Waals surface area contributed by atoms with Crippen molar-refractivity contribution in [3.8, 4) is 0 Å². The minimum atomic E-state index is 0.812. The first-order valence-electron chi connectivity index (χ1n) is 6.13. The molecule has 3 heteroatoms. The highest BCUT2D eigenvalue weighted by atomic mass is 15.1. The van der Waals surface area contributed by atoms with Crippen molar-refractivity contribution in [3.63, 3.8) is 0 Å². The van der Waals surface area contributed by atoms with Gasteiger partial charge in [-0.1, -0.05) is 37.3 Å². The Morgan fingerprint density at radius 1 is 1.18 bits per heavy atom. The Hall–Kier alpha value is -1.77. The Balaban J connectivity index is 2.31. The number of rotatable bonds is 4. The average Bonchev–Trinajstić information content (AvgIpc) is 2.67. The molecular weight excluding hydrogens is 210 g/mol. The van der Waals surface area contributed by atoms with Gasteiger partial charge in [0.05, 0.1) is 5.69 Å². The summed E-state index contributed by atoms with van der Waals surface area (Å²) in [6.45, 7) is 5.10. The Kier molecular flexibility index (Phi) is 3.47. The molecule has 2 rings (SSSR count). The molecule has 1 aromatic heterocycles. The molecule has 2 aromatic rings. The summed E-state index contributed by atoms with van der Waals surface area (Å²) in [6, 6.07) is 10.3. The van der Waals surface area contributed by atoms with Gasteiger partial charge >= 0.3 is 0 Å². The van der Waals surface area contributed by atoms with Crippen molar-refractivity contribution in [1.82, 2.24) is 9.55 Å². The maximum atomic E-state index is 6.14. The fourth-order valence-corrected chi connectivity index (χ4v) is 2.11. The lowest BCUT2D eigenvalue weighted by Gasteiger charge is -2.04. The van der Waals surface area contributed by atoms with Crippen LogP contribution in [0.25, 0.3) is 0 Å². The van der Waals surface area contributed by atoms with Crippen LogP contribution >= 0.6 is 0 Å². The number of imidazole rings is 1. The SMILES string of the molecule is CCc1nc(Cc2ccccc2)c(N)n1CC. The molecule has 90 valence electrons. The summed E-state index contributed by atoms with van der Waals surface area (Å²) in [4.78, 5) is 4.63. The fourth-order valence-electron chi connectivity index (χ4n) is 2.11. The summed E-state index contributed by atoms with van der Waals surface area (Å²) < 4.78 is 2.10. The number of aryl methyl sites for hydroxylation is 1. The van der Waals surface area contributed by atoms with Gasteiger partial charge in [-0.2, -0.15) is 0 Å². The smallest absolute Gasteiger partial charge is 0.127 e. The van der Waals surface area contributed by atoms with Crippen LogP contribution in [0.2, 0.25) is 0 Å². The molecule has 0 atom stereocenters. The molecule has 0 unspecified atom stereocenters. The Bertz CT molecular complexity index is 486. The van der Waals surface area contributed by atoms with Crippen LogP contribution in [0, 0.1) is 0 Å². The zero-order valence-electron chi connectivity index (χ0n) is 10.5. The molecule has 0 aliphatic rings. The molecule has 0 spiro atoms. The topological polar surface area (TPSA) is 43.8 Å². The van der Waals surface area contributed by atoms with Gasteiger partial charge in [-0.3, -0.25) is 0 Å². The minimum absolute atomic E-state index is 0.812. The molecule has 0 fully saturated rings. The zero-order valence-corrected chi connectivity index (χ0v) is 10.5. The van der Waals surface area contributed by atoms with E-state index in [2.05, 4.69) is 35.5 Å². The minimum Gasteiger partial charge on any atom is -0.384 e. The van der Waals surface area contributed by atoms with Crippen LogP contribution < -0.4 is 5.73 Å². The molecular formula is C14H19N3. The number of anilines is 1. The van der Waals surface area contributed by atoms with Crippen molar-refractivity contribution in [1.29, 1.82) is 0 Å². The first-order valence-corrected chi connectivity index (χ1v) is 6.13. The summed E-state index contributed by atoms with van der Waals surface area (Å²) in [6.07, 6.45) is 1.74. The molecule has 2 N–H and O–H groups in total. The Labute approximate surface area is 102 Å².